The number of furan rings is 2. The molecule has 0 fully saturated rings. The molecule has 66 heavy (non-hydrogen) atoms. The minimum Gasteiger partial charge on any atom is -0.446 e. The number of amides is 2. The van der Waals surface area contributed by atoms with Gasteiger partial charge in [0.25, 0.3) is 11.8 Å². The molecule has 6 heteroatoms. The molecule has 0 N–H and O–H groups in total. The Morgan fingerprint density at radius 2 is 0.773 bits per heavy atom. The third kappa shape index (κ3) is 11.3. The Bertz CT molecular complexity index is 2430. The second kappa shape index (κ2) is 23.1. The standard InChI is InChI=1S/C60H64N2O4/c1-3-5-7-9-11-13-15-21-43-61-57(53-41-39-51(65-53)37-31-45-27-33-49(34-28-45)47-23-17-18-24-47)55-56(59(61)63)58(62(60(55)64)44-22-16-14-12-10-8-6-4-2)54-42-40-52(66-54)38-32-46-29-35-50(36-30-46)48-25-19-20-26-48/h17-20,23-30,33-36,39-42,47-48H,3-16,21-22,43-44H2,1-2H3. The lowest BCUT2D eigenvalue weighted by molar-refractivity contribution is -0.124. The average molecular weight is 877 g/mol. The van der Waals surface area contributed by atoms with Crippen LogP contribution in [0.3, 0.4) is 0 Å². The third-order valence-electron chi connectivity index (χ3n) is 13.1. The normalized spacial score (nSPS) is 15.5. The Labute approximate surface area is 392 Å². The molecule has 2 aliphatic carbocycles. The summed E-state index contributed by atoms with van der Waals surface area (Å²) in [6.45, 7) is 5.44. The average Bonchev–Trinajstić information content (AvgIpc) is 4.22. The number of carbonyl (C=O) groups excluding carboxylic acids is 2. The van der Waals surface area contributed by atoms with Crippen molar-refractivity contribution in [1.82, 2.24) is 9.80 Å². The van der Waals surface area contributed by atoms with Gasteiger partial charge < -0.3 is 18.6 Å². The summed E-state index contributed by atoms with van der Waals surface area (Å²) in [5.74, 6) is 15.0. The van der Waals surface area contributed by atoms with Crippen molar-refractivity contribution in [3.05, 3.63) is 178 Å². The molecule has 338 valence electrons. The summed E-state index contributed by atoms with van der Waals surface area (Å²) in [6, 6.07) is 24.0. The van der Waals surface area contributed by atoms with Gasteiger partial charge in [0.2, 0.25) is 0 Å². The van der Waals surface area contributed by atoms with Crippen LogP contribution in [-0.2, 0) is 9.59 Å². The minimum absolute atomic E-state index is 0.197. The fourth-order valence-electron chi connectivity index (χ4n) is 9.36. The summed E-state index contributed by atoms with van der Waals surface area (Å²) in [6.07, 6.45) is 35.2. The Hall–Kier alpha value is -6.50. The van der Waals surface area contributed by atoms with Gasteiger partial charge in [-0.2, -0.15) is 0 Å². The first-order valence-electron chi connectivity index (χ1n) is 24.8. The molecule has 2 aromatic carbocycles. The molecule has 0 spiro atoms. The van der Waals surface area contributed by atoms with Crippen LogP contribution in [0.5, 0.6) is 0 Å². The lowest BCUT2D eigenvalue weighted by Crippen LogP contribution is -2.31. The SMILES string of the molecule is CCCCCCCCCCN1C(=O)C2=C(c3ccc(C#Cc4ccc(C5C=CC=C5)cc4)o3)N(CCCCCCCCCC)C(=O)C2=C1c1ccc(C#Cc2ccc(C3C=CC=C3)cc2)o1. The molecule has 0 saturated carbocycles. The van der Waals surface area contributed by atoms with Crippen LogP contribution in [0.15, 0.2) is 141 Å². The van der Waals surface area contributed by atoms with E-state index in [1.165, 1.54) is 75.3 Å². The summed E-state index contributed by atoms with van der Waals surface area (Å²) in [5.41, 5.74) is 6.00. The minimum atomic E-state index is -0.197. The summed E-state index contributed by atoms with van der Waals surface area (Å²) >= 11 is 0. The van der Waals surface area contributed by atoms with Gasteiger partial charge in [0.1, 0.15) is 11.4 Å². The van der Waals surface area contributed by atoms with Crippen LogP contribution in [0.1, 0.15) is 174 Å². The first kappa shape index (κ1) is 46.0. The van der Waals surface area contributed by atoms with Crippen LogP contribution < -0.4 is 0 Å². The maximum atomic E-state index is 15.0. The van der Waals surface area contributed by atoms with E-state index in [0.717, 1.165) is 49.7 Å². The molecule has 0 atom stereocenters. The van der Waals surface area contributed by atoms with E-state index in [1.807, 2.05) is 48.5 Å². The zero-order chi connectivity index (χ0) is 45.5. The van der Waals surface area contributed by atoms with Gasteiger partial charge in [-0.3, -0.25) is 9.59 Å². The second-order valence-electron chi connectivity index (χ2n) is 18.0. The second-order valence-corrected chi connectivity index (χ2v) is 18.0. The number of hydrogen-bond donors (Lipinski definition) is 0. The van der Waals surface area contributed by atoms with Crippen LogP contribution in [0, 0.1) is 23.7 Å². The molecule has 4 aromatic rings. The van der Waals surface area contributed by atoms with Gasteiger partial charge in [-0.25, -0.2) is 0 Å². The molecule has 0 radical (unpaired) electrons. The Balaban J connectivity index is 1.09. The monoisotopic (exact) mass is 876 g/mol. The van der Waals surface area contributed by atoms with Crippen molar-refractivity contribution in [3.63, 3.8) is 0 Å². The lowest BCUT2D eigenvalue weighted by Gasteiger charge is -2.23. The topological polar surface area (TPSA) is 66.9 Å². The first-order valence-corrected chi connectivity index (χ1v) is 24.8. The van der Waals surface area contributed by atoms with E-state index in [2.05, 4.69) is 110 Å². The molecular weight excluding hydrogens is 813 g/mol. The smallest absolute Gasteiger partial charge is 0.261 e. The largest absolute Gasteiger partial charge is 0.446 e. The quantitative estimate of drug-likeness (QED) is 0.0583. The summed E-state index contributed by atoms with van der Waals surface area (Å²) < 4.78 is 12.9. The molecule has 0 saturated heterocycles. The van der Waals surface area contributed by atoms with E-state index in [1.54, 1.807) is 9.80 Å². The Kier molecular flexibility index (Phi) is 16.1. The molecule has 6 nitrogen and oxygen atoms in total. The third-order valence-corrected chi connectivity index (χ3v) is 13.1. The van der Waals surface area contributed by atoms with Crippen molar-refractivity contribution in [1.29, 1.82) is 0 Å². The van der Waals surface area contributed by atoms with Crippen LogP contribution in [-0.4, -0.2) is 34.7 Å². The fraction of sp³-hybridized carbons (Fsp3) is 0.367. The molecule has 4 heterocycles. The highest BCUT2D eigenvalue weighted by Gasteiger charge is 2.50. The zero-order valence-electron chi connectivity index (χ0n) is 39.0. The maximum absolute atomic E-state index is 15.0. The molecule has 0 unspecified atom stereocenters. The van der Waals surface area contributed by atoms with Gasteiger partial charge in [0.15, 0.2) is 23.0 Å². The highest BCUT2D eigenvalue weighted by Crippen LogP contribution is 2.47. The highest BCUT2D eigenvalue weighted by atomic mass is 16.3. The number of fused-ring (bicyclic) bond motifs is 1. The summed E-state index contributed by atoms with van der Waals surface area (Å²) in [7, 11) is 0. The van der Waals surface area contributed by atoms with E-state index in [9.17, 15) is 9.59 Å². The van der Waals surface area contributed by atoms with Gasteiger partial charge in [0.05, 0.1) is 11.1 Å². The van der Waals surface area contributed by atoms with Crippen molar-refractivity contribution in [2.75, 3.05) is 13.1 Å². The summed E-state index contributed by atoms with van der Waals surface area (Å²) in [4.78, 5) is 33.5. The number of carbonyl (C=O) groups is 2. The molecule has 2 aromatic heterocycles. The van der Waals surface area contributed by atoms with Gasteiger partial charge in [-0.15, -0.1) is 0 Å². The fourth-order valence-corrected chi connectivity index (χ4v) is 9.36. The Morgan fingerprint density at radius 3 is 1.14 bits per heavy atom. The van der Waals surface area contributed by atoms with E-state index in [-0.39, 0.29) is 11.8 Å². The predicted octanol–water partition coefficient (Wildman–Crippen LogP) is 14.2. The number of benzene rings is 2. The zero-order valence-corrected chi connectivity index (χ0v) is 39.0. The van der Waals surface area contributed by atoms with E-state index in [4.69, 9.17) is 8.83 Å². The van der Waals surface area contributed by atoms with Crippen LogP contribution in [0.4, 0.5) is 0 Å². The maximum Gasteiger partial charge on any atom is 0.261 e. The number of unbranched alkanes of at least 4 members (excludes halogenated alkanes) is 14. The molecule has 2 amide bonds. The van der Waals surface area contributed by atoms with E-state index >= 15 is 0 Å². The number of rotatable bonds is 22. The number of hydrogen-bond acceptors (Lipinski definition) is 4. The van der Waals surface area contributed by atoms with Crippen molar-refractivity contribution in [2.45, 2.75) is 128 Å². The number of allylic oxidation sites excluding steroid dienone is 8. The van der Waals surface area contributed by atoms with Crippen LogP contribution in [0.25, 0.3) is 11.4 Å². The van der Waals surface area contributed by atoms with Gasteiger partial charge in [0, 0.05) is 36.1 Å². The van der Waals surface area contributed by atoms with Crippen molar-refractivity contribution >= 4 is 23.2 Å². The number of nitrogens with zero attached hydrogens (tertiary/aromatic N) is 2. The van der Waals surface area contributed by atoms with Crippen LogP contribution >= 0.6 is 0 Å². The van der Waals surface area contributed by atoms with Gasteiger partial charge in [-0.1, -0.05) is 188 Å². The Morgan fingerprint density at radius 1 is 0.424 bits per heavy atom. The predicted molar refractivity (Wildman–Crippen MR) is 267 cm³/mol. The molecule has 8 rings (SSSR count). The molecular formula is C60H64N2O4. The van der Waals surface area contributed by atoms with Gasteiger partial charge in [-0.05, 0) is 84.3 Å². The van der Waals surface area contributed by atoms with E-state index in [0.29, 0.717) is 70.5 Å². The molecule has 2 aliphatic heterocycles. The van der Waals surface area contributed by atoms with Crippen LogP contribution in [0.2, 0.25) is 0 Å². The van der Waals surface area contributed by atoms with Crippen molar-refractivity contribution in [3.8, 4) is 23.7 Å². The lowest BCUT2D eigenvalue weighted by atomic mass is 10.00. The van der Waals surface area contributed by atoms with Crippen molar-refractivity contribution in [2.24, 2.45) is 0 Å². The first-order chi connectivity index (χ1) is 32.5. The molecule has 0 bridgehead atoms. The molecule has 4 aliphatic rings. The van der Waals surface area contributed by atoms with E-state index < -0.39 is 0 Å². The summed E-state index contributed by atoms with van der Waals surface area (Å²) in [5, 5.41) is 0. The highest BCUT2D eigenvalue weighted by molar-refractivity contribution is 6.29. The van der Waals surface area contributed by atoms with Gasteiger partial charge >= 0.3 is 0 Å². The van der Waals surface area contributed by atoms with Crippen molar-refractivity contribution < 1.29 is 18.4 Å².